The van der Waals surface area contributed by atoms with Crippen LogP contribution in [0.4, 0.5) is 11.6 Å². The fraction of sp³-hybridized carbons (Fsp3) is 0.353. The van der Waals surface area contributed by atoms with E-state index in [1.807, 2.05) is 25.1 Å². The molecule has 0 spiro atoms. The lowest BCUT2D eigenvalue weighted by Crippen LogP contribution is -2.24. The van der Waals surface area contributed by atoms with Gasteiger partial charge >= 0.3 is 0 Å². The number of nitrogens with zero attached hydrogens (tertiary/aromatic N) is 2. The Kier molecular flexibility index (Phi) is 6.35. The number of aryl methyl sites for hydroxylation is 1. The van der Waals surface area contributed by atoms with Gasteiger partial charge in [-0.15, -0.1) is 0 Å². The first-order valence-electron chi connectivity index (χ1n) is 7.73. The van der Waals surface area contributed by atoms with Gasteiger partial charge in [0.1, 0.15) is 0 Å². The molecule has 0 fully saturated rings. The molecule has 5 nitrogen and oxygen atoms in total. The van der Waals surface area contributed by atoms with Gasteiger partial charge < -0.3 is 10.6 Å². The highest BCUT2D eigenvalue weighted by atomic mass is 35.5. The molecule has 2 N–H and O–H groups in total. The highest BCUT2D eigenvalue weighted by molar-refractivity contribution is 6.30. The lowest BCUT2D eigenvalue weighted by molar-refractivity contribution is 0.0952. The third-order valence-corrected chi connectivity index (χ3v) is 3.66. The molecule has 1 heterocycles. The third-order valence-electron chi connectivity index (χ3n) is 3.43. The number of benzene rings is 1. The van der Waals surface area contributed by atoms with Gasteiger partial charge in [-0.3, -0.25) is 4.79 Å². The summed E-state index contributed by atoms with van der Waals surface area (Å²) >= 11 is 5.99. The molecule has 122 valence electrons. The molecule has 0 unspecified atom stereocenters. The van der Waals surface area contributed by atoms with Crippen LogP contribution in [0.5, 0.6) is 0 Å². The fourth-order valence-corrected chi connectivity index (χ4v) is 2.21. The molecule has 0 aliphatic heterocycles. The summed E-state index contributed by atoms with van der Waals surface area (Å²) in [7, 11) is 0. The van der Waals surface area contributed by atoms with E-state index in [1.165, 1.54) is 12.4 Å². The first-order valence-corrected chi connectivity index (χ1v) is 8.11. The van der Waals surface area contributed by atoms with Crippen LogP contribution in [-0.4, -0.2) is 22.4 Å². The molecular weight excluding hydrogens is 312 g/mol. The zero-order valence-corrected chi connectivity index (χ0v) is 14.2. The lowest BCUT2D eigenvalue weighted by atomic mass is 10.2. The monoisotopic (exact) mass is 332 g/mol. The van der Waals surface area contributed by atoms with Gasteiger partial charge in [0.25, 0.3) is 5.91 Å². The van der Waals surface area contributed by atoms with Gasteiger partial charge in [0, 0.05) is 29.6 Å². The molecule has 0 atom stereocenters. The maximum absolute atomic E-state index is 11.9. The molecule has 23 heavy (non-hydrogen) atoms. The van der Waals surface area contributed by atoms with Crippen LogP contribution in [0.25, 0.3) is 0 Å². The first-order chi connectivity index (χ1) is 11.1. The Morgan fingerprint density at radius 3 is 2.65 bits per heavy atom. The van der Waals surface area contributed by atoms with E-state index in [2.05, 4.69) is 27.5 Å². The molecule has 0 saturated carbocycles. The van der Waals surface area contributed by atoms with Crippen molar-refractivity contribution in [2.45, 2.75) is 33.1 Å². The number of hydrogen-bond acceptors (Lipinski definition) is 4. The number of unbranched alkanes of at least 4 members (excludes halogenated alkanes) is 2. The molecule has 2 aromatic rings. The van der Waals surface area contributed by atoms with Gasteiger partial charge in [-0.2, -0.15) is 0 Å². The Hall–Kier alpha value is -2.14. The Bertz CT molecular complexity index is 658. The molecule has 1 aromatic carbocycles. The number of carbonyl (C=O) groups excluding carboxylic acids is 1. The summed E-state index contributed by atoms with van der Waals surface area (Å²) in [6, 6.07) is 5.56. The molecule has 1 aromatic heterocycles. The number of anilines is 2. The predicted octanol–water partition coefficient (Wildman–Crippen LogP) is 4.10. The smallest absolute Gasteiger partial charge is 0.254 e. The summed E-state index contributed by atoms with van der Waals surface area (Å²) in [5.41, 5.74) is 2.33. The van der Waals surface area contributed by atoms with Gasteiger partial charge in [-0.1, -0.05) is 37.4 Å². The average molecular weight is 333 g/mol. The molecule has 0 radical (unpaired) electrons. The van der Waals surface area contributed by atoms with Crippen molar-refractivity contribution >= 4 is 29.1 Å². The summed E-state index contributed by atoms with van der Waals surface area (Å²) in [5, 5.41) is 6.60. The average Bonchev–Trinajstić information content (AvgIpc) is 2.55. The Labute approximate surface area is 141 Å². The van der Waals surface area contributed by atoms with E-state index in [0.29, 0.717) is 23.1 Å². The van der Waals surface area contributed by atoms with Crippen molar-refractivity contribution in [1.82, 2.24) is 15.3 Å². The van der Waals surface area contributed by atoms with E-state index in [-0.39, 0.29) is 5.91 Å². The maximum Gasteiger partial charge on any atom is 0.254 e. The summed E-state index contributed by atoms with van der Waals surface area (Å²) in [5.74, 6) is 0.282. The van der Waals surface area contributed by atoms with Gasteiger partial charge in [0.05, 0.1) is 5.56 Å². The Morgan fingerprint density at radius 1 is 1.22 bits per heavy atom. The number of carbonyl (C=O) groups is 1. The second kappa shape index (κ2) is 8.48. The maximum atomic E-state index is 11.9. The van der Waals surface area contributed by atoms with Gasteiger partial charge in [-0.05, 0) is 31.0 Å². The van der Waals surface area contributed by atoms with E-state index < -0.39 is 0 Å². The number of aromatic nitrogens is 2. The van der Waals surface area contributed by atoms with Crippen LogP contribution in [0.2, 0.25) is 5.02 Å². The molecule has 6 heteroatoms. The minimum atomic E-state index is -0.147. The topological polar surface area (TPSA) is 66.9 Å². The van der Waals surface area contributed by atoms with Crippen LogP contribution >= 0.6 is 11.6 Å². The van der Waals surface area contributed by atoms with Crippen molar-refractivity contribution < 1.29 is 4.79 Å². The lowest BCUT2D eigenvalue weighted by Gasteiger charge is -2.09. The second-order valence-corrected chi connectivity index (χ2v) is 5.78. The fourth-order valence-electron chi connectivity index (χ4n) is 2.04. The minimum absolute atomic E-state index is 0.147. The normalized spacial score (nSPS) is 10.4. The quantitative estimate of drug-likeness (QED) is 0.749. The van der Waals surface area contributed by atoms with Crippen molar-refractivity contribution in [2.24, 2.45) is 0 Å². The molecule has 2 rings (SSSR count). The third kappa shape index (κ3) is 5.21. The van der Waals surface area contributed by atoms with Crippen LogP contribution in [0.15, 0.2) is 30.6 Å². The number of rotatable bonds is 7. The first kappa shape index (κ1) is 17.2. The predicted molar refractivity (Wildman–Crippen MR) is 93.4 cm³/mol. The molecule has 1 amide bonds. The Morgan fingerprint density at radius 2 is 1.96 bits per heavy atom. The highest BCUT2D eigenvalue weighted by Crippen LogP contribution is 2.22. The van der Waals surface area contributed by atoms with Gasteiger partial charge in [-0.25, -0.2) is 9.97 Å². The van der Waals surface area contributed by atoms with Crippen molar-refractivity contribution in [1.29, 1.82) is 0 Å². The number of nitrogens with one attached hydrogen (secondary N) is 2. The molecule has 0 saturated heterocycles. The molecule has 0 bridgehead atoms. The summed E-state index contributed by atoms with van der Waals surface area (Å²) in [6.07, 6.45) is 6.26. The van der Waals surface area contributed by atoms with E-state index in [0.717, 1.165) is 30.5 Å². The van der Waals surface area contributed by atoms with Crippen molar-refractivity contribution in [3.8, 4) is 0 Å². The van der Waals surface area contributed by atoms with Crippen molar-refractivity contribution in [3.05, 3.63) is 46.7 Å². The van der Waals surface area contributed by atoms with Gasteiger partial charge in [0.2, 0.25) is 5.95 Å². The van der Waals surface area contributed by atoms with E-state index >= 15 is 0 Å². The van der Waals surface area contributed by atoms with E-state index in [9.17, 15) is 4.79 Å². The highest BCUT2D eigenvalue weighted by Gasteiger charge is 2.07. The minimum Gasteiger partial charge on any atom is -0.352 e. The SMILES string of the molecule is CCCCCNC(=O)c1cnc(Nc2cc(Cl)ccc2C)nc1. The van der Waals surface area contributed by atoms with Crippen LogP contribution in [0.1, 0.15) is 42.1 Å². The molecule has 0 aliphatic carbocycles. The number of halogens is 1. The van der Waals surface area contributed by atoms with Crippen LogP contribution in [0.3, 0.4) is 0 Å². The summed E-state index contributed by atoms with van der Waals surface area (Å²) in [4.78, 5) is 20.3. The summed E-state index contributed by atoms with van der Waals surface area (Å²) in [6.45, 7) is 4.77. The number of amides is 1. The van der Waals surface area contributed by atoms with Crippen LogP contribution in [-0.2, 0) is 0 Å². The second-order valence-electron chi connectivity index (χ2n) is 5.34. The van der Waals surface area contributed by atoms with Crippen LogP contribution in [0, 0.1) is 6.92 Å². The van der Waals surface area contributed by atoms with E-state index in [4.69, 9.17) is 11.6 Å². The van der Waals surface area contributed by atoms with Gasteiger partial charge in [0.15, 0.2) is 0 Å². The Balaban J connectivity index is 1.96. The molecular formula is C17H21ClN4O. The largest absolute Gasteiger partial charge is 0.352 e. The van der Waals surface area contributed by atoms with Crippen molar-refractivity contribution in [2.75, 3.05) is 11.9 Å². The standard InChI is InChI=1S/C17H21ClN4O/c1-3-4-5-8-19-16(23)13-10-20-17(21-11-13)22-15-9-14(18)7-6-12(15)2/h6-7,9-11H,3-5,8H2,1-2H3,(H,19,23)(H,20,21,22). The van der Waals surface area contributed by atoms with Crippen LogP contribution < -0.4 is 10.6 Å². The summed E-state index contributed by atoms with van der Waals surface area (Å²) < 4.78 is 0. The zero-order valence-electron chi connectivity index (χ0n) is 13.4. The molecule has 0 aliphatic rings. The number of hydrogen-bond donors (Lipinski definition) is 2. The van der Waals surface area contributed by atoms with Crippen molar-refractivity contribution in [3.63, 3.8) is 0 Å². The zero-order chi connectivity index (χ0) is 16.7. The van der Waals surface area contributed by atoms with E-state index in [1.54, 1.807) is 0 Å².